The summed E-state index contributed by atoms with van der Waals surface area (Å²) in [6.45, 7) is 2.21. The van der Waals surface area contributed by atoms with Gasteiger partial charge < -0.3 is 19.1 Å². The predicted molar refractivity (Wildman–Crippen MR) is 118 cm³/mol. The van der Waals surface area contributed by atoms with Gasteiger partial charge in [-0.05, 0) is 42.3 Å². The summed E-state index contributed by atoms with van der Waals surface area (Å²) in [5, 5.41) is 10.3. The van der Waals surface area contributed by atoms with E-state index < -0.39 is 11.8 Å². The van der Waals surface area contributed by atoms with Crippen molar-refractivity contribution < 1.29 is 23.8 Å². The van der Waals surface area contributed by atoms with Crippen molar-refractivity contribution in [3.63, 3.8) is 0 Å². The zero-order chi connectivity index (χ0) is 23.0. The van der Waals surface area contributed by atoms with Crippen LogP contribution in [0.3, 0.4) is 0 Å². The van der Waals surface area contributed by atoms with Gasteiger partial charge in [-0.25, -0.2) is 19.2 Å². The SMILES string of the molecule is COc1ccc(Cn2cc(C)c3c(C(=O)O)nc(-c4ccc(Cl)c(OC)c4F)nc32)cc1. The van der Waals surface area contributed by atoms with Crippen LogP contribution in [0.1, 0.15) is 21.6 Å². The summed E-state index contributed by atoms with van der Waals surface area (Å²) in [4.78, 5) is 20.7. The lowest BCUT2D eigenvalue weighted by Crippen LogP contribution is -2.07. The maximum absolute atomic E-state index is 15.0. The summed E-state index contributed by atoms with van der Waals surface area (Å²) in [5.74, 6) is -1.50. The molecule has 1 N–H and O–H groups in total. The van der Waals surface area contributed by atoms with E-state index >= 15 is 4.39 Å². The van der Waals surface area contributed by atoms with Crippen LogP contribution in [0.25, 0.3) is 22.4 Å². The third kappa shape index (κ3) is 3.73. The highest BCUT2D eigenvalue weighted by Gasteiger charge is 2.23. The first-order valence-corrected chi connectivity index (χ1v) is 9.98. The Kier molecular flexibility index (Phi) is 5.71. The third-order valence-corrected chi connectivity index (χ3v) is 5.41. The van der Waals surface area contributed by atoms with E-state index in [2.05, 4.69) is 9.97 Å². The number of aryl methyl sites for hydroxylation is 1. The lowest BCUT2D eigenvalue weighted by molar-refractivity contribution is 0.0692. The second-order valence-corrected chi connectivity index (χ2v) is 7.54. The number of hydrogen-bond acceptors (Lipinski definition) is 5. The van der Waals surface area contributed by atoms with Crippen LogP contribution < -0.4 is 9.47 Å². The number of ether oxygens (including phenoxy) is 2. The number of aromatic carboxylic acids is 1. The molecule has 0 amide bonds. The van der Waals surface area contributed by atoms with Crippen molar-refractivity contribution in [3.8, 4) is 22.9 Å². The maximum atomic E-state index is 15.0. The van der Waals surface area contributed by atoms with E-state index in [1.165, 1.54) is 19.2 Å². The molecule has 0 spiro atoms. The minimum Gasteiger partial charge on any atom is -0.497 e. The lowest BCUT2D eigenvalue weighted by Gasteiger charge is -2.11. The molecule has 2 aromatic carbocycles. The molecule has 4 rings (SSSR count). The van der Waals surface area contributed by atoms with Gasteiger partial charge in [-0.1, -0.05) is 23.7 Å². The van der Waals surface area contributed by atoms with Gasteiger partial charge in [-0.2, -0.15) is 0 Å². The van der Waals surface area contributed by atoms with Crippen LogP contribution in [0.2, 0.25) is 5.02 Å². The Hall–Kier alpha value is -3.65. The first-order chi connectivity index (χ1) is 15.3. The van der Waals surface area contributed by atoms with Crippen molar-refractivity contribution in [2.75, 3.05) is 14.2 Å². The second kappa shape index (κ2) is 8.47. The number of nitrogens with zero attached hydrogens (tertiary/aromatic N) is 3. The van der Waals surface area contributed by atoms with Gasteiger partial charge in [0.05, 0.1) is 30.2 Å². The zero-order valence-electron chi connectivity index (χ0n) is 17.5. The van der Waals surface area contributed by atoms with Gasteiger partial charge in [0.2, 0.25) is 0 Å². The van der Waals surface area contributed by atoms with Crippen LogP contribution in [0.4, 0.5) is 4.39 Å². The maximum Gasteiger partial charge on any atom is 0.355 e. The number of carbonyl (C=O) groups is 1. The highest BCUT2D eigenvalue weighted by Crippen LogP contribution is 2.35. The first kappa shape index (κ1) is 21.6. The standard InChI is InChI=1S/C23H19ClFN3O4/c1-12-10-28(11-13-4-6-14(31-2)7-5-13)22-17(12)19(23(29)30)26-21(27-22)15-8-9-16(24)20(32-3)18(15)25/h4-10H,11H2,1-3H3,(H,29,30). The fourth-order valence-electron chi connectivity index (χ4n) is 3.59. The molecule has 0 saturated carbocycles. The lowest BCUT2D eigenvalue weighted by atomic mass is 10.1. The quantitative estimate of drug-likeness (QED) is 0.442. The third-order valence-electron chi connectivity index (χ3n) is 5.11. The van der Waals surface area contributed by atoms with E-state index in [0.29, 0.717) is 23.1 Å². The fourth-order valence-corrected chi connectivity index (χ4v) is 3.82. The van der Waals surface area contributed by atoms with Crippen LogP contribution in [0.15, 0.2) is 42.6 Å². The molecule has 0 aliphatic rings. The van der Waals surface area contributed by atoms with Crippen molar-refractivity contribution in [1.29, 1.82) is 0 Å². The molecule has 2 heterocycles. The molecule has 9 heteroatoms. The molecule has 0 fully saturated rings. The van der Waals surface area contributed by atoms with Gasteiger partial charge >= 0.3 is 5.97 Å². The average molecular weight is 456 g/mol. The number of aromatic nitrogens is 3. The second-order valence-electron chi connectivity index (χ2n) is 7.13. The molecule has 7 nitrogen and oxygen atoms in total. The number of carboxylic acids is 1. The van der Waals surface area contributed by atoms with Crippen LogP contribution in [-0.4, -0.2) is 39.8 Å². The Bertz CT molecular complexity index is 1340. The monoisotopic (exact) mass is 455 g/mol. The topological polar surface area (TPSA) is 86.5 Å². The molecule has 0 radical (unpaired) electrons. The summed E-state index contributed by atoms with van der Waals surface area (Å²) in [5.41, 5.74) is 1.83. The molecule has 0 atom stereocenters. The van der Waals surface area contributed by atoms with Crippen molar-refractivity contribution in [3.05, 3.63) is 70.3 Å². The van der Waals surface area contributed by atoms with Gasteiger partial charge in [0, 0.05) is 12.7 Å². The molecular weight excluding hydrogens is 437 g/mol. The Labute approximate surface area is 188 Å². The van der Waals surface area contributed by atoms with E-state index in [1.54, 1.807) is 20.2 Å². The summed E-state index contributed by atoms with van der Waals surface area (Å²) >= 11 is 5.99. The summed E-state index contributed by atoms with van der Waals surface area (Å²) in [6.07, 6.45) is 1.80. The van der Waals surface area contributed by atoms with E-state index in [-0.39, 0.29) is 27.9 Å². The predicted octanol–water partition coefficient (Wildman–Crippen LogP) is 4.96. The number of hydrogen-bond donors (Lipinski definition) is 1. The molecule has 0 aliphatic heterocycles. The number of fused-ring (bicyclic) bond motifs is 1. The summed E-state index contributed by atoms with van der Waals surface area (Å²) < 4.78 is 27.1. The summed E-state index contributed by atoms with van der Waals surface area (Å²) in [6, 6.07) is 10.3. The van der Waals surface area contributed by atoms with Crippen molar-refractivity contribution in [2.24, 2.45) is 0 Å². The molecule has 0 aliphatic carbocycles. The highest BCUT2D eigenvalue weighted by atomic mass is 35.5. The number of carboxylic acid groups (broad SMARTS) is 1. The number of methoxy groups -OCH3 is 2. The van der Waals surface area contributed by atoms with Crippen LogP contribution in [0, 0.1) is 12.7 Å². The van der Waals surface area contributed by atoms with Crippen LogP contribution in [-0.2, 0) is 6.54 Å². The van der Waals surface area contributed by atoms with Crippen LogP contribution in [0.5, 0.6) is 11.5 Å². The van der Waals surface area contributed by atoms with Crippen molar-refractivity contribution in [1.82, 2.24) is 14.5 Å². The Balaban J connectivity index is 1.91. The molecule has 0 unspecified atom stereocenters. The molecule has 0 saturated heterocycles. The van der Waals surface area contributed by atoms with E-state index in [0.717, 1.165) is 11.3 Å². The number of benzene rings is 2. The number of halogens is 2. The van der Waals surface area contributed by atoms with Crippen molar-refractivity contribution >= 4 is 28.6 Å². The molecule has 164 valence electrons. The fraction of sp³-hybridized carbons (Fsp3) is 0.174. The van der Waals surface area contributed by atoms with Gasteiger partial charge in [-0.15, -0.1) is 0 Å². The summed E-state index contributed by atoms with van der Waals surface area (Å²) in [7, 11) is 2.89. The Morgan fingerprint density at radius 3 is 2.47 bits per heavy atom. The average Bonchev–Trinajstić information content (AvgIpc) is 3.09. The minimum atomic E-state index is -1.23. The van der Waals surface area contributed by atoms with E-state index in [9.17, 15) is 9.90 Å². The smallest absolute Gasteiger partial charge is 0.355 e. The minimum absolute atomic E-state index is 0.00880. The molecule has 32 heavy (non-hydrogen) atoms. The van der Waals surface area contributed by atoms with E-state index in [1.807, 2.05) is 28.8 Å². The van der Waals surface area contributed by atoms with Gasteiger partial charge in [0.1, 0.15) is 11.4 Å². The van der Waals surface area contributed by atoms with Crippen molar-refractivity contribution in [2.45, 2.75) is 13.5 Å². The van der Waals surface area contributed by atoms with Gasteiger partial charge in [-0.3, -0.25) is 0 Å². The molecule has 4 aromatic rings. The molecule has 0 bridgehead atoms. The highest BCUT2D eigenvalue weighted by molar-refractivity contribution is 6.32. The van der Waals surface area contributed by atoms with Gasteiger partial charge in [0.25, 0.3) is 0 Å². The van der Waals surface area contributed by atoms with Crippen LogP contribution >= 0.6 is 11.6 Å². The van der Waals surface area contributed by atoms with E-state index in [4.69, 9.17) is 21.1 Å². The first-order valence-electron chi connectivity index (χ1n) is 9.60. The normalized spacial score (nSPS) is 11.0. The molecule has 2 aromatic heterocycles. The Morgan fingerprint density at radius 1 is 1.12 bits per heavy atom. The Morgan fingerprint density at radius 2 is 1.84 bits per heavy atom. The molecular formula is C23H19ClFN3O4. The van der Waals surface area contributed by atoms with Gasteiger partial charge in [0.15, 0.2) is 23.1 Å². The largest absolute Gasteiger partial charge is 0.497 e. The zero-order valence-corrected chi connectivity index (χ0v) is 18.3. The number of rotatable bonds is 6.